The molecule has 19 heavy (non-hydrogen) atoms. The van der Waals surface area contributed by atoms with E-state index in [1.165, 1.54) is 44.1 Å². The Bertz CT molecular complexity index is 471. The average Bonchev–Trinajstić information content (AvgIpc) is 2.37. The Morgan fingerprint density at radius 3 is 2.21 bits per heavy atom. The van der Waals surface area contributed by atoms with Crippen LogP contribution in [0, 0.1) is 17.8 Å². The minimum Gasteiger partial charge on any atom is -0.397 e. The smallest absolute Gasteiger partial charge is 0.0630 e. The fourth-order valence-corrected chi connectivity index (χ4v) is 5.56. The Morgan fingerprint density at radius 1 is 1.16 bits per heavy atom. The van der Waals surface area contributed by atoms with Crippen molar-refractivity contribution in [3.63, 3.8) is 0 Å². The minimum atomic E-state index is 0.433. The highest BCUT2D eigenvalue weighted by Crippen LogP contribution is 2.60. The summed E-state index contributed by atoms with van der Waals surface area (Å²) in [7, 11) is 0. The molecular weight excluding hydrogens is 232 g/mol. The summed E-state index contributed by atoms with van der Waals surface area (Å²) in [6, 6.07) is 2.25. The largest absolute Gasteiger partial charge is 0.397 e. The van der Waals surface area contributed by atoms with Crippen molar-refractivity contribution in [2.45, 2.75) is 57.3 Å². The molecule has 1 aromatic heterocycles. The summed E-state index contributed by atoms with van der Waals surface area (Å²) < 4.78 is 0. The number of anilines is 1. The summed E-state index contributed by atoms with van der Waals surface area (Å²) in [5.74, 6) is 2.95. The first-order valence-electron chi connectivity index (χ1n) is 7.93. The van der Waals surface area contributed by atoms with E-state index in [2.05, 4.69) is 24.2 Å². The molecule has 1 aromatic rings. The van der Waals surface area contributed by atoms with E-state index in [0.29, 0.717) is 5.41 Å². The quantitative estimate of drug-likeness (QED) is 0.876. The van der Waals surface area contributed by atoms with Gasteiger partial charge in [-0.15, -0.1) is 0 Å². The van der Waals surface area contributed by atoms with Gasteiger partial charge in [-0.1, -0.05) is 6.92 Å². The second-order valence-corrected chi connectivity index (χ2v) is 7.31. The zero-order valence-corrected chi connectivity index (χ0v) is 11.9. The van der Waals surface area contributed by atoms with E-state index in [0.717, 1.165) is 35.6 Å². The van der Waals surface area contributed by atoms with Crippen LogP contribution in [-0.4, -0.2) is 4.98 Å². The van der Waals surface area contributed by atoms with Gasteiger partial charge in [0.2, 0.25) is 0 Å². The lowest BCUT2D eigenvalue weighted by Gasteiger charge is -2.57. The number of nitrogen functional groups attached to an aromatic ring is 1. The van der Waals surface area contributed by atoms with E-state index in [1.807, 2.05) is 0 Å². The lowest BCUT2D eigenvalue weighted by molar-refractivity contribution is -0.00532. The van der Waals surface area contributed by atoms with Gasteiger partial charge in [0, 0.05) is 6.20 Å². The second kappa shape index (κ2) is 3.97. The number of aryl methyl sites for hydroxylation is 1. The van der Waals surface area contributed by atoms with E-state index in [1.54, 1.807) is 0 Å². The molecule has 1 heterocycles. The average molecular weight is 256 g/mol. The number of pyridine rings is 1. The fraction of sp³-hybridized carbons (Fsp3) is 0.706. The molecule has 2 heteroatoms. The highest BCUT2D eigenvalue weighted by Gasteiger charge is 2.51. The molecule has 2 nitrogen and oxygen atoms in total. The van der Waals surface area contributed by atoms with Gasteiger partial charge in [-0.3, -0.25) is 4.98 Å². The molecule has 0 saturated heterocycles. The van der Waals surface area contributed by atoms with Crippen molar-refractivity contribution < 1.29 is 0 Å². The van der Waals surface area contributed by atoms with Gasteiger partial charge in [-0.25, -0.2) is 0 Å². The van der Waals surface area contributed by atoms with Gasteiger partial charge in [0.25, 0.3) is 0 Å². The molecule has 4 aliphatic carbocycles. The van der Waals surface area contributed by atoms with Crippen molar-refractivity contribution >= 4 is 5.69 Å². The van der Waals surface area contributed by atoms with Gasteiger partial charge >= 0.3 is 0 Å². The van der Waals surface area contributed by atoms with Crippen molar-refractivity contribution in [1.29, 1.82) is 0 Å². The number of hydrogen-bond acceptors (Lipinski definition) is 2. The van der Waals surface area contributed by atoms with Crippen LogP contribution in [-0.2, 0) is 11.8 Å². The Hall–Kier alpha value is -1.05. The lowest BCUT2D eigenvalue weighted by Crippen LogP contribution is -2.48. The SMILES string of the molecule is CCc1ncc(C23CC4CC(CC(C4)C2)C3)cc1N. The molecule has 0 spiro atoms. The molecule has 0 radical (unpaired) electrons. The zero-order valence-electron chi connectivity index (χ0n) is 11.9. The van der Waals surface area contributed by atoms with Gasteiger partial charge < -0.3 is 5.73 Å². The summed E-state index contributed by atoms with van der Waals surface area (Å²) >= 11 is 0. The molecule has 4 bridgehead atoms. The third-order valence-electron chi connectivity index (χ3n) is 5.99. The molecule has 4 aliphatic rings. The first-order valence-corrected chi connectivity index (χ1v) is 7.93. The third kappa shape index (κ3) is 1.72. The van der Waals surface area contributed by atoms with Gasteiger partial charge in [-0.05, 0) is 79.7 Å². The van der Waals surface area contributed by atoms with Crippen LogP contribution >= 0.6 is 0 Å². The van der Waals surface area contributed by atoms with Gasteiger partial charge in [0.1, 0.15) is 0 Å². The van der Waals surface area contributed by atoms with E-state index < -0.39 is 0 Å². The molecule has 0 aromatic carbocycles. The van der Waals surface area contributed by atoms with Gasteiger partial charge in [0.15, 0.2) is 0 Å². The van der Waals surface area contributed by atoms with Crippen molar-refractivity contribution in [3.05, 3.63) is 23.5 Å². The predicted octanol–water partition coefficient (Wildman–Crippen LogP) is 3.69. The van der Waals surface area contributed by atoms with Crippen LogP contribution in [0.4, 0.5) is 5.69 Å². The maximum Gasteiger partial charge on any atom is 0.0630 e. The van der Waals surface area contributed by atoms with Crippen LogP contribution in [0.2, 0.25) is 0 Å². The monoisotopic (exact) mass is 256 g/mol. The zero-order chi connectivity index (χ0) is 13.0. The van der Waals surface area contributed by atoms with Crippen LogP contribution in [0.3, 0.4) is 0 Å². The highest BCUT2D eigenvalue weighted by molar-refractivity contribution is 5.47. The second-order valence-electron chi connectivity index (χ2n) is 7.31. The molecule has 0 atom stereocenters. The van der Waals surface area contributed by atoms with Crippen LogP contribution < -0.4 is 5.73 Å². The van der Waals surface area contributed by atoms with Crippen molar-refractivity contribution in [1.82, 2.24) is 4.98 Å². The maximum absolute atomic E-state index is 6.19. The third-order valence-corrected chi connectivity index (χ3v) is 5.99. The molecule has 0 amide bonds. The normalized spacial score (nSPS) is 39.7. The standard InChI is InChI=1S/C17H24N2/c1-2-16-15(18)6-14(10-19-16)17-7-11-3-12(8-17)5-13(4-11)9-17/h6,10-13H,2-5,7-9,18H2,1H3. The lowest BCUT2D eigenvalue weighted by atomic mass is 9.48. The van der Waals surface area contributed by atoms with Crippen molar-refractivity contribution in [3.8, 4) is 0 Å². The fourth-order valence-electron chi connectivity index (χ4n) is 5.56. The Kier molecular flexibility index (Phi) is 2.46. The van der Waals surface area contributed by atoms with E-state index >= 15 is 0 Å². The predicted molar refractivity (Wildman–Crippen MR) is 77.9 cm³/mol. The van der Waals surface area contributed by atoms with E-state index in [-0.39, 0.29) is 0 Å². The molecule has 0 aliphatic heterocycles. The van der Waals surface area contributed by atoms with Crippen molar-refractivity contribution in [2.75, 3.05) is 5.73 Å². The molecule has 4 saturated carbocycles. The number of rotatable bonds is 2. The summed E-state index contributed by atoms with van der Waals surface area (Å²) in [5.41, 5.74) is 10.0. The van der Waals surface area contributed by atoms with Crippen LogP contribution in [0.25, 0.3) is 0 Å². The van der Waals surface area contributed by atoms with Crippen LogP contribution in [0.1, 0.15) is 56.7 Å². The Balaban J connectivity index is 1.73. The number of nitrogens with zero attached hydrogens (tertiary/aromatic N) is 1. The summed E-state index contributed by atoms with van der Waals surface area (Å²) in [6.07, 6.45) is 11.7. The number of nitrogens with two attached hydrogens (primary N) is 1. The Labute approximate surface area is 115 Å². The number of hydrogen-bond donors (Lipinski definition) is 1. The topological polar surface area (TPSA) is 38.9 Å². The van der Waals surface area contributed by atoms with Gasteiger partial charge in [-0.2, -0.15) is 0 Å². The number of aromatic nitrogens is 1. The summed E-state index contributed by atoms with van der Waals surface area (Å²) in [4.78, 5) is 4.63. The van der Waals surface area contributed by atoms with Gasteiger partial charge in [0.05, 0.1) is 11.4 Å². The highest BCUT2D eigenvalue weighted by atomic mass is 14.7. The molecule has 102 valence electrons. The summed E-state index contributed by atoms with van der Waals surface area (Å²) in [6.45, 7) is 2.13. The van der Waals surface area contributed by atoms with E-state index in [4.69, 9.17) is 5.73 Å². The molecule has 0 unspecified atom stereocenters. The summed E-state index contributed by atoms with van der Waals surface area (Å²) in [5, 5.41) is 0. The Morgan fingerprint density at radius 2 is 1.74 bits per heavy atom. The van der Waals surface area contributed by atoms with Crippen LogP contribution in [0.5, 0.6) is 0 Å². The molecule has 5 rings (SSSR count). The first kappa shape index (κ1) is 11.7. The molecule has 2 N–H and O–H groups in total. The minimum absolute atomic E-state index is 0.433. The first-order chi connectivity index (χ1) is 9.18. The maximum atomic E-state index is 6.19. The van der Waals surface area contributed by atoms with Crippen LogP contribution in [0.15, 0.2) is 12.3 Å². The van der Waals surface area contributed by atoms with Crippen molar-refractivity contribution in [2.24, 2.45) is 17.8 Å². The molecular formula is C17H24N2. The van der Waals surface area contributed by atoms with E-state index in [9.17, 15) is 0 Å². The molecule has 4 fully saturated rings.